The smallest absolute Gasteiger partial charge is 0.335 e. The number of hydrogen-bond acceptors (Lipinski definition) is 2. The quantitative estimate of drug-likeness (QED) is 0.836. The lowest BCUT2D eigenvalue weighted by Crippen LogP contribution is -2.50. The Bertz CT molecular complexity index is 543. The molecule has 4 nitrogen and oxygen atoms in total. The second kappa shape index (κ2) is 5.93. The molecule has 1 aromatic rings. The summed E-state index contributed by atoms with van der Waals surface area (Å²) in [5.74, 6) is -0.167. The summed E-state index contributed by atoms with van der Waals surface area (Å²) in [6.07, 6.45) is -1.58. The standard InChI is InChI=1S/C15H22F3N3O/c1-9-6-5-7-10(2)20(9)14(22)12(4)21-11(3)8-13(19-21)15(16,17)18/h8-10,12H,5-7H2,1-4H3/t9-,10-,12-/m0/s1. The number of amides is 1. The van der Waals surface area contributed by atoms with Crippen LogP contribution in [0.5, 0.6) is 0 Å². The highest BCUT2D eigenvalue weighted by molar-refractivity contribution is 5.80. The van der Waals surface area contributed by atoms with Gasteiger partial charge in [-0.25, -0.2) is 0 Å². The number of halogens is 3. The van der Waals surface area contributed by atoms with Crippen molar-refractivity contribution >= 4 is 5.91 Å². The van der Waals surface area contributed by atoms with Gasteiger partial charge in [-0.3, -0.25) is 9.48 Å². The molecular weight excluding hydrogens is 295 g/mol. The number of likely N-dealkylation sites (tertiary alicyclic amines) is 1. The second-order valence-electron chi connectivity index (χ2n) is 6.16. The van der Waals surface area contributed by atoms with E-state index in [2.05, 4.69) is 5.10 Å². The van der Waals surface area contributed by atoms with E-state index in [0.717, 1.165) is 25.3 Å². The van der Waals surface area contributed by atoms with Crippen LogP contribution in [0.1, 0.15) is 57.5 Å². The van der Waals surface area contributed by atoms with Crippen LogP contribution in [0.4, 0.5) is 13.2 Å². The molecule has 1 aromatic heterocycles. The normalized spacial score (nSPS) is 24.4. The third-order valence-corrected chi connectivity index (χ3v) is 4.39. The number of piperidine rings is 1. The highest BCUT2D eigenvalue weighted by Gasteiger charge is 2.37. The molecule has 1 aliphatic heterocycles. The van der Waals surface area contributed by atoms with Crippen molar-refractivity contribution in [2.75, 3.05) is 0 Å². The van der Waals surface area contributed by atoms with Crippen LogP contribution in [0.25, 0.3) is 0 Å². The molecular formula is C15H22F3N3O. The van der Waals surface area contributed by atoms with Gasteiger partial charge >= 0.3 is 6.18 Å². The predicted octanol–water partition coefficient (Wildman–Crippen LogP) is 3.56. The largest absolute Gasteiger partial charge is 0.435 e. The van der Waals surface area contributed by atoms with Crippen molar-refractivity contribution in [3.8, 4) is 0 Å². The number of hydrogen-bond donors (Lipinski definition) is 0. The summed E-state index contributed by atoms with van der Waals surface area (Å²) >= 11 is 0. The molecule has 3 atom stereocenters. The van der Waals surface area contributed by atoms with Gasteiger partial charge in [0.15, 0.2) is 5.69 Å². The minimum atomic E-state index is -4.50. The van der Waals surface area contributed by atoms with Crippen LogP contribution >= 0.6 is 0 Å². The topological polar surface area (TPSA) is 38.1 Å². The minimum absolute atomic E-state index is 0.108. The molecule has 7 heteroatoms. The number of carbonyl (C=O) groups is 1. The zero-order chi connectivity index (χ0) is 16.7. The number of carbonyl (C=O) groups excluding carboxylic acids is 1. The van der Waals surface area contributed by atoms with Crippen molar-refractivity contribution in [3.63, 3.8) is 0 Å². The van der Waals surface area contributed by atoms with Crippen LogP contribution < -0.4 is 0 Å². The monoisotopic (exact) mass is 317 g/mol. The molecule has 1 amide bonds. The molecule has 1 fully saturated rings. The van der Waals surface area contributed by atoms with E-state index in [1.54, 1.807) is 11.8 Å². The van der Waals surface area contributed by atoms with Gasteiger partial charge in [0.2, 0.25) is 5.91 Å². The van der Waals surface area contributed by atoms with Gasteiger partial charge in [0, 0.05) is 17.8 Å². The fourth-order valence-corrected chi connectivity index (χ4v) is 3.19. The van der Waals surface area contributed by atoms with Crippen LogP contribution in [0, 0.1) is 6.92 Å². The lowest BCUT2D eigenvalue weighted by molar-refractivity contribution is -0.144. The summed E-state index contributed by atoms with van der Waals surface area (Å²) in [5, 5.41) is 3.59. The van der Waals surface area contributed by atoms with Crippen molar-refractivity contribution in [2.24, 2.45) is 0 Å². The molecule has 22 heavy (non-hydrogen) atoms. The average molecular weight is 317 g/mol. The van der Waals surface area contributed by atoms with Crippen molar-refractivity contribution in [1.82, 2.24) is 14.7 Å². The number of aryl methyl sites for hydroxylation is 1. The average Bonchev–Trinajstić information content (AvgIpc) is 2.79. The van der Waals surface area contributed by atoms with Crippen molar-refractivity contribution in [1.29, 1.82) is 0 Å². The third-order valence-electron chi connectivity index (χ3n) is 4.39. The van der Waals surface area contributed by atoms with Crippen LogP contribution in [0.2, 0.25) is 0 Å². The van der Waals surface area contributed by atoms with E-state index in [0.29, 0.717) is 5.69 Å². The Labute approximate surface area is 128 Å². The predicted molar refractivity (Wildman–Crippen MR) is 76.3 cm³/mol. The summed E-state index contributed by atoms with van der Waals surface area (Å²) in [4.78, 5) is 14.5. The molecule has 2 rings (SSSR count). The summed E-state index contributed by atoms with van der Waals surface area (Å²) < 4.78 is 39.4. The van der Waals surface area contributed by atoms with Gasteiger partial charge in [0.25, 0.3) is 0 Å². The zero-order valence-corrected chi connectivity index (χ0v) is 13.3. The van der Waals surface area contributed by atoms with Gasteiger partial charge in [0.1, 0.15) is 6.04 Å². The van der Waals surface area contributed by atoms with E-state index < -0.39 is 17.9 Å². The third kappa shape index (κ3) is 3.13. The fraction of sp³-hybridized carbons (Fsp3) is 0.733. The maximum atomic E-state index is 12.8. The zero-order valence-electron chi connectivity index (χ0n) is 13.3. The fourth-order valence-electron chi connectivity index (χ4n) is 3.19. The summed E-state index contributed by atoms with van der Waals surface area (Å²) in [5.41, 5.74) is -0.616. The van der Waals surface area contributed by atoms with Gasteiger partial charge < -0.3 is 4.90 Å². The molecule has 0 aromatic carbocycles. The maximum absolute atomic E-state index is 12.8. The van der Waals surface area contributed by atoms with E-state index in [4.69, 9.17) is 0 Å². The van der Waals surface area contributed by atoms with Gasteiger partial charge in [-0.05, 0) is 53.0 Å². The van der Waals surface area contributed by atoms with Crippen molar-refractivity contribution in [3.05, 3.63) is 17.5 Å². The lowest BCUT2D eigenvalue weighted by atomic mass is 9.96. The first-order valence-corrected chi connectivity index (χ1v) is 7.58. The Kier molecular flexibility index (Phi) is 4.54. The molecule has 1 aliphatic rings. The first-order valence-electron chi connectivity index (χ1n) is 7.58. The van der Waals surface area contributed by atoms with Gasteiger partial charge in [-0.1, -0.05) is 0 Å². The van der Waals surface area contributed by atoms with E-state index in [9.17, 15) is 18.0 Å². The number of aromatic nitrogens is 2. The Morgan fingerprint density at radius 2 is 1.86 bits per heavy atom. The lowest BCUT2D eigenvalue weighted by Gasteiger charge is -2.40. The summed E-state index contributed by atoms with van der Waals surface area (Å²) in [6.45, 7) is 7.11. The van der Waals surface area contributed by atoms with E-state index in [1.807, 2.05) is 13.8 Å². The van der Waals surface area contributed by atoms with Crippen LogP contribution in [-0.2, 0) is 11.0 Å². The van der Waals surface area contributed by atoms with E-state index in [-0.39, 0.29) is 18.0 Å². The molecule has 1 saturated heterocycles. The Balaban J connectivity index is 2.25. The number of nitrogens with zero attached hydrogens (tertiary/aromatic N) is 3. The molecule has 0 bridgehead atoms. The molecule has 124 valence electrons. The molecule has 0 radical (unpaired) electrons. The molecule has 0 spiro atoms. The van der Waals surface area contributed by atoms with Crippen molar-refractivity contribution < 1.29 is 18.0 Å². The number of alkyl halides is 3. The Morgan fingerprint density at radius 1 is 1.32 bits per heavy atom. The number of rotatable bonds is 2. The molecule has 2 heterocycles. The van der Waals surface area contributed by atoms with Crippen LogP contribution in [0.3, 0.4) is 0 Å². The highest BCUT2D eigenvalue weighted by Crippen LogP contribution is 2.30. The van der Waals surface area contributed by atoms with Gasteiger partial charge in [0.05, 0.1) is 0 Å². The van der Waals surface area contributed by atoms with Crippen molar-refractivity contribution in [2.45, 2.75) is 71.3 Å². The SMILES string of the molecule is Cc1cc(C(F)(F)F)nn1[C@@H](C)C(=O)N1[C@@H](C)CCC[C@@H]1C. The summed E-state index contributed by atoms with van der Waals surface area (Å²) in [7, 11) is 0. The maximum Gasteiger partial charge on any atom is 0.435 e. The first kappa shape index (κ1) is 16.8. The van der Waals surface area contributed by atoms with Gasteiger partial charge in [-0.15, -0.1) is 0 Å². The summed E-state index contributed by atoms with van der Waals surface area (Å²) in [6, 6.07) is 0.458. The molecule has 0 aliphatic carbocycles. The molecule has 0 saturated carbocycles. The van der Waals surface area contributed by atoms with Crippen LogP contribution in [0.15, 0.2) is 6.07 Å². The molecule has 0 N–H and O–H groups in total. The Hall–Kier alpha value is -1.53. The van der Waals surface area contributed by atoms with E-state index in [1.165, 1.54) is 11.6 Å². The van der Waals surface area contributed by atoms with Crippen LogP contribution in [-0.4, -0.2) is 32.7 Å². The Morgan fingerprint density at radius 3 is 2.32 bits per heavy atom. The van der Waals surface area contributed by atoms with Gasteiger partial charge in [-0.2, -0.15) is 18.3 Å². The highest BCUT2D eigenvalue weighted by atomic mass is 19.4. The van der Waals surface area contributed by atoms with E-state index >= 15 is 0 Å². The first-order chi connectivity index (χ1) is 10.1. The minimum Gasteiger partial charge on any atom is -0.335 e. The second-order valence-corrected chi connectivity index (χ2v) is 6.16. The molecule has 0 unspecified atom stereocenters.